The highest BCUT2D eigenvalue weighted by atomic mass is 19.2. The Morgan fingerprint density at radius 2 is 1.00 bits per heavy atom. The number of allylic oxidation sites excluding steroid dienone is 2. The van der Waals surface area contributed by atoms with E-state index in [1.165, 1.54) is 0 Å². The summed E-state index contributed by atoms with van der Waals surface area (Å²) in [6, 6.07) is 0. The maximum Gasteiger partial charge on any atom is 0.200 e. The number of ketones is 2. The maximum absolute atomic E-state index is 13.3. The molecule has 0 N–H and O–H groups in total. The molecule has 0 bridgehead atoms. The first kappa shape index (κ1) is 12.4. The van der Waals surface area contributed by atoms with Crippen molar-refractivity contribution in [3.05, 3.63) is 46.8 Å². The minimum Gasteiger partial charge on any atom is -0.294 e. The minimum atomic E-state index is -2.33. The van der Waals surface area contributed by atoms with Gasteiger partial charge in [0.05, 0.1) is 0 Å². The molecule has 1 aliphatic rings. The fraction of sp³-hybridized carbons (Fsp3) is 0.0909. The molecule has 0 amide bonds. The lowest BCUT2D eigenvalue weighted by Crippen LogP contribution is -2.19. The molecule has 0 aromatic heterocycles. The van der Waals surface area contributed by atoms with Crippen LogP contribution < -0.4 is 0 Å². The first-order valence-corrected chi connectivity index (χ1v) is 4.63. The summed E-state index contributed by atoms with van der Waals surface area (Å²) in [6.07, 6.45) is 1.45. The van der Waals surface area contributed by atoms with E-state index in [1.807, 2.05) is 0 Å². The van der Waals surface area contributed by atoms with Crippen LogP contribution in [0, 0.1) is 29.1 Å². The van der Waals surface area contributed by atoms with E-state index in [1.54, 1.807) is 0 Å². The van der Waals surface area contributed by atoms with E-state index < -0.39 is 52.1 Å². The summed E-state index contributed by atoms with van der Waals surface area (Å²) >= 11 is 0. The van der Waals surface area contributed by atoms with Gasteiger partial charge in [-0.05, 0) is 12.2 Å². The Morgan fingerprint density at radius 1 is 0.667 bits per heavy atom. The minimum absolute atomic E-state index is 0.727. The average molecular weight is 262 g/mol. The van der Waals surface area contributed by atoms with Gasteiger partial charge in [-0.15, -0.1) is 0 Å². The summed E-state index contributed by atoms with van der Waals surface area (Å²) in [5.41, 5.74) is -1.41. The summed E-state index contributed by atoms with van der Waals surface area (Å²) in [5.74, 6) is -15.1. The van der Waals surface area contributed by atoms with Gasteiger partial charge in [0.15, 0.2) is 34.8 Å². The topological polar surface area (TPSA) is 34.1 Å². The van der Waals surface area contributed by atoms with E-state index in [0.717, 1.165) is 12.2 Å². The number of hydrogen-bond acceptors (Lipinski definition) is 2. The number of carbonyl (C=O) groups is 2. The van der Waals surface area contributed by atoms with Crippen LogP contribution in [0.1, 0.15) is 11.5 Å². The van der Waals surface area contributed by atoms with Crippen molar-refractivity contribution in [3.8, 4) is 0 Å². The van der Waals surface area contributed by atoms with E-state index in [-0.39, 0.29) is 0 Å². The van der Waals surface area contributed by atoms with E-state index in [9.17, 15) is 31.5 Å². The van der Waals surface area contributed by atoms with Gasteiger partial charge >= 0.3 is 0 Å². The Bertz CT molecular complexity index is 559. The molecule has 7 heteroatoms. The second kappa shape index (κ2) is 4.01. The number of halogens is 5. The number of rotatable bonds is 1. The molecule has 1 aliphatic carbocycles. The van der Waals surface area contributed by atoms with Crippen molar-refractivity contribution in [2.75, 3.05) is 0 Å². The van der Waals surface area contributed by atoms with Gasteiger partial charge in [0.25, 0.3) is 0 Å². The molecule has 1 aromatic rings. The van der Waals surface area contributed by atoms with Crippen molar-refractivity contribution < 1.29 is 31.5 Å². The van der Waals surface area contributed by atoms with E-state index in [4.69, 9.17) is 0 Å². The van der Waals surface area contributed by atoms with Gasteiger partial charge in [0, 0.05) is 5.56 Å². The third-order valence-corrected chi connectivity index (χ3v) is 2.51. The molecule has 0 radical (unpaired) electrons. The van der Waals surface area contributed by atoms with Crippen LogP contribution in [0.4, 0.5) is 22.0 Å². The fourth-order valence-electron chi connectivity index (χ4n) is 1.66. The van der Waals surface area contributed by atoms with Gasteiger partial charge in [-0.1, -0.05) is 0 Å². The average Bonchev–Trinajstić information content (AvgIpc) is 2.66. The normalized spacial score (nSPS) is 15.8. The van der Waals surface area contributed by atoms with Crippen LogP contribution >= 0.6 is 0 Å². The Hall–Kier alpha value is -2.05. The lowest BCUT2D eigenvalue weighted by molar-refractivity contribution is -0.122. The molecule has 0 saturated carbocycles. The van der Waals surface area contributed by atoms with Crippen LogP contribution in [0.5, 0.6) is 0 Å². The van der Waals surface area contributed by atoms with Crippen molar-refractivity contribution >= 4 is 11.6 Å². The van der Waals surface area contributed by atoms with Crippen LogP contribution in [0.25, 0.3) is 0 Å². The predicted octanol–water partition coefficient (Wildman–Crippen LogP) is 2.17. The molecule has 18 heavy (non-hydrogen) atoms. The Morgan fingerprint density at radius 3 is 1.39 bits per heavy atom. The summed E-state index contributed by atoms with van der Waals surface area (Å²) in [7, 11) is 0. The zero-order valence-corrected chi connectivity index (χ0v) is 8.44. The maximum atomic E-state index is 13.3. The zero-order chi connectivity index (χ0) is 13.6. The molecule has 0 unspecified atom stereocenters. The van der Waals surface area contributed by atoms with Crippen molar-refractivity contribution in [2.24, 2.45) is 0 Å². The monoisotopic (exact) mass is 262 g/mol. The highest BCUT2D eigenvalue weighted by Gasteiger charge is 2.38. The Labute approximate surface area is 96.7 Å². The molecule has 0 atom stereocenters. The highest BCUT2D eigenvalue weighted by Crippen LogP contribution is 2.32. The summed E-state index contributed by atoms with van der Waals surface area (Å²) in [5, 5.41) is 0. The lowest BCUT2D eigenvalue weighted by atomic mass is 9.93. The van der Waals surface area contributed by atoms with E-state index in [2.05, 4.69) is 0 Å². The van der Waals surface area contributed by atoms with Crippen molar-refractivity contribution in [3.63, 3.8) is 0 Å². The number of carbonyl (C=O) groups excluding carboxylic acids is 2. The van der Waals surface area contributed by atoms with Gasteiger partial charge in [-0.3, -0.25) is 9.59 Å². The molecule has 0 spiro atoms. The molecule has 0 saturated heterocycles. The first-order chi connectivity index (χ1) is 8.36. The van der Waals surface area contributed by atoms with Crippen molar-refractivity contribution in [1.29, 1.82) is 0 Å². The smallest absolute Gasteiger partial charge is 0.200 e. The Balaban J connectivity index is 2.73. The molecular weight excluding hydrogens is 259 g/mol. The van der Waals surface area contributed by atoms with Crippen molar-refractivity contribution in [1.82, 2.24) is 0 Å². The molecule has 0 heterocycles. The van der Waals surface area contributed by atoms with Gasteiger partial charge < -0.3 is 0 Å². The fourth-order valence-corrected chi connectivity index (χ4v) is 1.66. The van der Waals surface area contributed by atoms with Gasteiger partial charge in [0.1, 0.15) is 5.92 Å². The zero-order valence-electron chi connectivity index (χ0n) is 8.44. The van der Waals surface area contributed by atoms with Crippen LogP contribution in [0.2, 0.25) is 0 Å². The molecule has 2 nitrogen and oxygen atoms in total. The van der Waals surface area contributed by atoms with Crippen LogP contribution in [-0.4, -0.2) is 11.6 Å². The summed E-state index contributed by atoms with van der Waals surface area (Å²) < 4.78 is 65.3. The quantitative estimate of drug-likeness (QED) is 0.336. The highest BCUT2D eigenvalue weighted by molar-refractivity contribution is 6.22. The van der Waals surface area contributed by atoms with Crippen LogP contribution in [-0.2, 0) is 9.59 Å². The van der Waals surface area contributed by atoms with Crippen molar-refractivity contribution in [2.45, 2.75) is 5.92 Å². The van der Waals surface area contributed by atoms with Gasteiger partial charge in [0.2, 0.25) is 5.82 Å². The van der Waals surface area contributed by atoms with Crippen LogP contribution in [0.15, 0.2) is 12.2 Å². The standard InChI is InChI=1S/C11H3F5O2/c12-7-6(5-3(17)1-2-4(5)18)8(13)10(15)11(16)9(7)14/h1-2,5H. The third-order valence-electron chi connectivity index (χ3n) is 2.51. The Kier molecular flexibility index (Phi) is 2.76. The summed E-state index contributed by atoms with van der Waals surface area (Å²) in [6.45, 7) is 0. The second-order valence-electron chi connectivity index (χ2n) is 3.55. The largest absolute Gasteiger partial charge is 0.294 e. The number of hydrogen-bond donors (Lipinski definition) is 0. The predicted molar refractivity (Wildman–Crippen MR) is 48.1 cm³/mol. The molecule has 94 valence electrons. The molecule has 0 aliphatic heterocycles. The second-order valence-corrected chi connectivity index (χ2v) is 3.55. The van der Waals surface area contributed by atoms with Crippen LogP contribution in [0.3, 0.4) is 0 Å². The summed E-state index contributed by atoms with van der Waals surface area (Å²) in [4.78, 5) is 22.4. The molecule has 2 rings (SSSR count). The van der Waals surface area contributed by atoms with Gasteiger partial charge in [-0.25, -0.2) is 22.0 Å². The van der Waals surface area contributed by atoms with E-state index >= 15 is 0 Å². The third kappa shape index (κ3) is 1.54. The number of benzene rings is 1. The lowest BCUT2D eigenvalue weighted by Gasteiger charge is -2.11. The SMILES string of the molecule is O=C1C=CC(=O)C1c1c(F)c(F)c(F)c(F)c1F. The van der Waals surface area contributed by atoms with Gasteiger partial charge in [-0.2, -0.15) is 0 Å². The molecule has 0 fully saturated rings. The van der Waals surface area contributed by atoms with E-state index in [0.29, 0.717) is 0 Å². The first-order valence-electron chi connectivity index (χ1n) is 4.63. The molecular formula is C11H3F5O2. The molecule has 1 aromatic carbocycles.